The second-order valence-electron chi connectivity index (χ2n) is 6.03. The lowest BCUT2D eigenvalue weighted by atomic mass is 9.99. The maximum atomic E-state index is 12.8. The smallest absolute Gasteiger partial charge is 0.195 e. The van der Waals surface area contributed by atoms with Crippen molar-refractivity contribution >= 4 is 17.1 Å². The first-order valence-electron chi connectivity index (χ1n) is 7.96. The minimum atomic E-state index is -0.849. The Hall–Kier alpha value is -2.06. The molecule has 0 saturated heterocycles. The molecule has 2 aromatic rings. The number of hydrogen-bond donors (Lipinski definition) is 0. The molecule has 1 aliphatic carbocycles. The molecule has 1 atom stereocenters. The summed E-state index contributed by atoms with van der Waals surface area (Å²) >= 11 is 1.56. The maximum absolute atomic E-state index is 12.8. The molecular formula is C18H19N3OS. The van der Waals surface area contributed by atoms with Gasteiger partial charge in [-0.15, -0.1) is 11.3 Å². The average molecular weight is 325 g/mol. The summed E-state index contributed by atoms with van der Waals surface area (Å²) < 4.78 is 0. The van der Waals surface area contributed by atoms with Crippen molar-refractivity contribution in [3.63, 3.8) is 0 Å². The van der Waals surface area contributed by atoms with Gasteiger partial charge in [-0.1, -0.05) is 6.42 Å². The minimum absolute atomic E-state index is 0.136. The molecule has 0 aromatic carbocycles. The highest BCUT2D eigenvalue weighted by molar-refractivity contribution is 7.14. The van der Waals surface area contributed by atoms with Crippen LogP contribution in [0, 0.1) is 25.2 Å². The number of carbonyl (C=O) groups excluding carboxylic acids is 1. The van der Waals surface area contributed by atoms with Crippen molar-refractivity contribution < 1.29 is 4.79 Å². The zero-order valence-corrected chi connectivity index (χ0v) is 14.2. The van der Waals surface area contributed by atoms with E-state index in [-0.39, 0.29) is 5.78 Å². The van der Waals surface area contributed by atoms with Gasteiger partial charge in [-0.2, -0.15) is 5.26 Å². The number of hydrogen-bond acceptors (Lipinski definition) is 5. The Bertz CT molecular complexity index is 744. The Morgan fingerprint density at radius 2 is 2.00 bits per heavy atom. The average Bonchev–Trinajstić information content (AvgIpc) is 2.78. The number of aryl methyl sites for hydroxylation is 4. The number of thiophene rings is 1. The third-order valence-corrected chi connectivity index (χ3v) is 5.41. The number of fused-ring (bicyclic) bond motifs is 1. The van der Waals surface area contributed by atoms with Crippen LogP contribution in [0.15, 0.2) is 12.1 Å². The van der Waals surface area contributed by atoms with E-state index < -0.39 is 5.92 Å². The van der Waals surface area contributed by atoms with E-state index in [9.17, 15) is 10.1 Å². The van der Waals surface area contributed by atoms with E-state index in [1.807, 2.05) is 13.0 Å². The Morgan fingerprint density at radius 1 is 1.22 bits per heavy atom. The van der Waals surface area contributed by atoms with Gasteiger partial charge in [-0.05, 0) is 57.2 Å². The summed E-state index contributed by atoms with van der Waals surface area (Å²) in [6.07, 6.45) is 5.72. The molecule has 2 aromatic heterocycles. The van der Waals surface area contributed by atoms with Crippen LogP contribution in [0.25, 0.3) is 0 Å². The van der Waals surface area contributed by atoms with Crippen molar-refractivity contribution in [2.75, 3.05) is 0 Å². The van der Waals surface area contributed by atoms with E-state index in [1.54, 1.807) is 24.3 Å². The summed E-state index contributed by atoms with van der Waals surface area (Å²) in [6.45, 7) is 3.63. The van der Waals surface area contributed by atoms with E-state index in [4.69, 9.17) is 0 Å². The summed E-state index contributed by atoms with van der Waals surface area (Å²) in [5, 5.41) is 9.51. The van der Waals surface area contributed by atoms with Crippen molar-refractivity contribution in [1.82, 2.24) is 9.97 Å². The molecule has 0 saturated carbocycles. The Kier molecular flexibility index (Phi) is 4.53. The van der Waals surface area contributed by atoms with Gasteiger partial charge in [0.05, 0.1) is 16.6 Å². The number of Topliss-reactive ketones (excluding diaryl/α,β-unsaturated/α-hetero) is 1. The van der Waals surface area contributed by atoms with Gasteiger partial charge in [0.15, 0.2) is 11.7 Å². The van der Waals surface area contributed by atoms with E-state index in [1.165, 1.54) is 29.7 Å². The van der Waals surface area contributed by atoms with Gasteiger partial charge in [0.1, 0.15) is 5.82 Å². The van der Waals surface area contributed by atoms with Crippen molar-refractivity contribution in [2.45, 2.75) is 51.9 Å². The quantitative estimate of drug-likeness (QED) is 0.634. The number of ketones is 1. The van der Waals surface area contributed by atoms with Crippen LogP contribution in [-0.4, -0.2) is 15.8 Å². The first-order chi connectivity index (χ1) is 11.1. The fourth-order valence-electron chi connectivity index (χ4n) is 3.08. The lowest BCUT2D eigenvalue weighted by molar-refractivity contribution is 0.0981. The molecule has 0 N–H and O–H groups in total. The van der Waals surface area contributed by atoms with Crippen LogP contribution in [0.3, 0.4) is 0 Å². The summed E-state index contributed by atoms with van der Waals surface area (Å²) in [5.41, 5.74) is 2.58. The van der Waals surface area contributed by atoms with Gasteiger partial charge in [0, 0.05) is 10.6 Å². The van der Waals surface area contributed by atoms with E-state index in [0.29, 0.717) is 16.4 Å². The number of rotatable bonds is 3. The normalized spacial score (nSPS) is 15.3. The molecule has 23 heavy (non-hydrogen) atoms. The predicted octanol–water partition coefficient (Wildman–Crippen LogP) is 3.91. The maximum Gasteiger partial charge on any atom is 0.195 e. The molecule has 0 radical (unpaired) electrons. The van der Waals surface area contributed by atoms with Crippen LogP contribution >= 0.6 is 11.3 Å². The minimum Gasteiger partial charge on any atom is -0.291 e. The first-order valence-corrected chi connectivity index (χ1v) is 8.77. The molecule has 1 unspecified atom stereocenters. The van der Waals surface area contributed by atoms with Gasteiger partial charge in [0.25, 0.3) is 0 Å². The van der Waals surface area contributed by atoms with Gasteiger partial charge in [-0.3, -0.25) is 4.79 Å². The van der Waals surface area contributed by atoms with Crippen LogP contribution in [0.1, 0.15) is 62.5 Å². The Morgan fingerprint density at radius 3 is 2.74 bits per heavy atom. The first kappa shape index (κ1) is 15.8. The largest absolute Gasteiger partial charge is 0.291 e. The SMILES string of the molecule is Cc1cc(C(C#N)C(=O)c2cc3c(s2)CCCCC3)nc(C)n1. The summed E-state index contributed by atoms with van der Waals surface area (Å²) in [5.74, 6) is -0.393. The standard InChI is InChI=1S/C18H19N3OS/c1-11-8-15(21-12(2)20-11)14(10-19)18(22)17-9-13-6-4-3-5-7-16(13)23-17/h8-9,14H,3-7H2,1-2H3. The number of aromatic nitrogens is 2. The topological polar surface area (TPSA) is 66.6 Å². The van der Waals surface area contributed by atoms with Gasteiger partial charge in [0.2, 0.25) is 0 Å². The molecule has 2 heterocycles. The van der Waals surface area contributed by atoms with Crippen LogP contribution in [0.4, 0.5) is 0 Å². The van der Waals surface area contributed by atoms with Crippen LogP contribution in [0.5, 0.6) is 0 Å². The van der Waals surface area contributed by atoms with Crippen molar-refractivity contribution in [3.8, 4) is 6.07 Å². The van der Waals surface area contributed by atoms with Crippen LogP contribution in [-0.2, 0) is 12.8 Å². The van der Waals surface area contributed by atoms with Crippen molar-refractivity contribution in [3.05, 3.63) is 44.7 Å². The van der Waals surface area contributed by atoms with E-state index in [0.717, 1.165) is 18.5 Å². The summed E-state index contributed by atoms with van der Waals surface area (Å²) in [7, 11) is 0. The third-order valence-electron chi connectivity index (χ3n) is 4.16. The molecule has 3 rings (SSSR count). The van der Waals surface area contributed by atoms with Gasteiger partial charge >= 0.3 is 0 Å². The lowest BCUT2D eigenvalue weighted by Gasteiger charge is -2.08. The zero-order valence-electron chi connectivity index (χ0n) is 13.4. The molecule has 0 spiro atoms. The third kappa shape index (κ3) is 3.32. The van der Waals surface area contributed by atoms with Gasteiger partial charge in [-0.25, -0.2) is 9.97 Å². The zero-order chi connectivity index (χ0) is 16.4. The second-order valence-corrected chi connectivity index (χ2v) is 7.16. The number of nitrogens with zero attached hydrogens (tertiary/aromatic N) is 3. The molecular weight excluding hydrogens is 306 g/mol. The van der Waals surface area contributed by atoms with E-state index >= 15 is 0 Å². The Labute approximate surface area is 140 Å². The molecule has 0 fully saturated rings. The molecule has 4 nitrogen and oxygen atoms in total. The lowest BCUT2D eigenvalue weighted by Crippen LogP contribution is -2.13. The highest BCUT2D eigenvalue weighted by Crippen LogP contribution is 2.32. The van der Waals surface area contributed by atoms with Crippen molar-refractivity contribution in [2.24, 2.45) is 0 Å². The highest BCUT2D eigenvalue weighted by atomic mass is 32.1. The fourth-order valence-corrected chi connectivity index (χ4v) is 4.31. The highest BCUT2D eigenvalue weighted by Gasteiger charge is 2.26. The molecule has 0 bridgehead atoms. The number of carbonyl (C=O) groups is 1. The molecule has 118 valence electrons. The van der Waals surface area contributed by atoms with Crippen LogP contribution < -0.4 is 0 Å². The fraction of sp³-hybridized carbons (Fsp3) is 0.444. The molecule has 0 aliphatic heterocycles. The molecule has 0 amide bonds. The summed E-state index contributed by atoms with van der Waals surface area (Å²) in [6, 6.07) is 5.86. The van der Waals surface area contributed by atoms with E-state index in [2.05, 4.69) is 16.0 Å². The summed E-state index contributed by atoms with van der Waals surface area (Å²) in [4.78, 5) is 23.4. The van der Waals surface area contributed by atoms with Gasteiger partial charge < -0.3 is 0 Å². The molecule has 5 heteroatoms. The monoisotopic (exact) mass is 325 g/mol. The Balaban J connectivity index is 1.93. The predicted molar refractivity (Wildman–Crippen MR) is 89.8 cm³/mol. The van der Waals surface area contributed by atoms with Crippen molar-refractivity contribution in [1.29, 1.82) is 5.26 Å². The van der Waals surface area contributed by atoms with Crippen LogP contribution in [0.2, 0.25) is 0 Å². The number of nitriles is 1. The molecule has 1 aliphatic rings. The second kappa shape index (κ2) is 6.59.